The highest BCUT2D eigenvalue weighted by Crippen LogP contribution is 2.21. The average Bonchev–Trinajstić information content (AvgIpc) is 2.84. The Morgan fingerprint density at radius 3 is 2.67 bits per heavy atom. The third-order valence-corrected chi connectivity index (χ3v) is 3.08. The van der Waals surface area contributed by atoms with E-state index in [9.17, 15) is 0 Å². The maximum atomic E-state index is 4.52. The van der Waals surface area contributed by atoms with Crippen molar-refractivity contribution in [1.29, 1.82) is 0 Å². The lowest BCUT2D eigenvalue weighted by atomic mass is 10.0. The van der Waals surface area contributed by atoms with Crippen LogP contribution in [0.15, 0.2) is 64.2 Å². The molecular formula is C17H23N. The molecule has 18 heavy (non-hydrogen) atoms. The summed E-state index contributed by atoms with van der Waals surface area (Å²) in [6, 6.07) is 0.202. The van der Waals surface area contributed by atoms with Crippen LogP contribution in [0.2, 0.25) is 0 Å². The fourth-order valence-electron chi connectivity index (χ4n) is 1.91. The molecule has 0 radical (unpaired) electrons. The van der Waals surface area contributed by atoms with Crippen LogP contribution in [0.5, 0.6) is 0 Å². The molecule has 0 aromatic carbocycles. The van der Waals surface area contributed by atoms with Gasteiger partial charge in [0.2, 0.25) is 0 Å². The fraction of sp³-hybridized carbons (Fsp3) is 0.353. The van der Waals surface area contributed by atoms with Gasteiger partial charge < -0.3 is 0 Å². The normalized spacial score (nSPS) is 20.7. The van der Waals surface area contributed by atoms with E-state index in [4.69, 9.17) is 0 Å². The van der Waals surface area contributed by atoms with E-state index in [1.807, 2.05) is 32.2 Å². The Balaban J connectivity index is 2.86. The van der Waals surface area contributed by atoms with Gasteiger partial charge >= 0.3 is 0 Å². The molecule has 1 nitrogen and oxygen atoms in total. The molecule has 0 amide bonds. The summed E-state index contributed by atoms with van der Waals surface area (Å²) in [5.74, 6) is 0. The van der Waals surface area contributed by atoms with E-state index in [1.165, 1.54) is 16.7 Å². The van der Waals surface area contributed by atoms with Gasteiger partial charge in [-0.15, -0.1) is 0 Å². The SMILES string of the molecule is C=C(/C=C\C)C(=C/C)/C=C(\C)C1C=C(CC)C=N1. The summed E-state index contributed by atoms with van der Waals surface area (Å²) in [4.78, 5) is 4.52. The Morgan fingerprint density at radius 1 is 1.44 bits per heavy atom. The van der Waals surface area contributed by atoms with Crippen LogP contribution >= 0.6 is 0 Å². The number of rotatable bonds is 5. The monoisotopic (exact) mass is 241 g/mol. The standard InChI is InChI=1S/C17H23N/c1-6-9-13(4)16(8-3)10-14(5)17-11-15(7-2)12-18-17/h6,8-12,17H,4,7H2,1-3,5H3/b9-6-,14-10+,16-8+. The van der Waals surface area contributed by atoms with Crippen molar-refractivity contribution in [3.05, 3.63) is 59.3 Å². The zero-order valence-corrected chi connectivity index (χ0v) is 11.9. The maximum absolute atomic E-state index is 4.52. The summed E-state index contributed by atoms with van der Waals surface area (Å²) in [5.41, 5.74) is 4.79. The van der Waals surface area contributed by atoms with Gasteiger partial charge in [-0.05, 0) is 49.5 Å². The number of allylic oxidation sites excluding steroid dienone is 7. The highest BCUT2D eigenvalue weighted by molar-refractivity contribution is 5.82. The average molecular weight is 241 g/mol. The Kier molecular flexibility index (Phi) is 5.57. The van der Waals surface area contributed by atoms with Gasteiger partial charge in [0.1, 0.15) is 0 Å². The number of nitrogens with zero attached hydrogens (tertiary/aromatic N) is 1. The molecule has 0 aliphatic carbocycles. The minimum Gasteiger partial charge on any atom is -0.281 e. The van der Waals surface area contributed by atoms with E-state index in [2.05, 4.69) is 43.6 Å². The van der Waals surface area contributed by atoms with Gasteiger partial charge in [-0.1, -0.05) is 43.9 Å². The van der Waals surface area contributed by atoms with E-state index in [0.717, 1.165) is 12.0 Å². The molecule has 0 fully saturated rings. The van der Waals surface area contributed by atoms with Crippen molar-refractivity contribution in [3.63, 3.8) is 0 Å². The lowest BCUT2D eigenvalue weighted by Gasteiger charge is -2.08. The molecule has 1 aliphatic heterocycles. The molecule has 0 N–H and O–H groups in total. The molecule has 0 spiro atoms. The summed E-state index contributed by atoms with van der Waals surface area (Å²) < 4.78 is 0. The summed E-state index contributed by atoms with van der Waals surface area (Å²) in [6.07, 6.45) is 13.6. The first-order valence-corrected chi connectivity index (χ1v) is 6.52. The minimum atomic E-state index is 0.202. The van der Waals surface area contributed by atoms with Crippen molar-refractivity contribution >= 4 is 6.21 Å². The van der Waals surface area contributed by atoms with Crippen LogP contribution in [0, 0.1) is 0 Å². The molecular weight excluding hydrogens is 218 g/mol. The Bertz CT molecular complexity index is 456. The predicted octanol–water partition coefficient (Wildman–Crippen LogP) is 4.80. The summed E-state index contributed by atoms with van der Waals surface area (Å²) in [7, 11) is 0. The Labute approximate surface area is 111 Å². The summed E-state index contributed by atoms with van der Waals surface area (Å²) in [5, 5.41) is 0. The first-order valence-electron chi connectivity index (χ1n) is 6.52. The van der Waals surface area contributed by atoms with Gasteiger partial charge in [0, 0.05) is 6.21 Å². The lowest BCUT2D eigenvalue weighted by Crippen LogP contribution is -1.99. The molecule has 1 unspecified atom stereocenters. The topological polar surface area (TPSA) is 12.4 Å². The zero-order valence-electron chi connectivity index (χ0n) is 11.9. The largest absolute Gasteiger partial charge is 0.281 e. The van der Waals surface area contributed by atoms with Crippen LogP contribution in [-0.2, 0) is 0 Å². The van der Waals surface area contributed by atoms with E-state index < -0.39 is 0 Å². The lowest BCUT2D eigenvalue weighted by molar-refractivity contribution is 0.965. The summed E-state index contributed by atoms with van der Waals surface area (Å²) >= 11 is 0. The first kappa shape index (κ1) is 14.4. The Hall–Kier alpha value is -1.63. The van der Waals surface area contributed by atoms with E-state index in [1.54, 1.807) is 0 Å². The van der Waals surface area contributed by atoms with Crippen molar-refractivity contribution < 1.29 is 0 Å². The Morgan fingerprint density at radius 2 is 2.17 bits per heavy atom. The molecule has 1 rings (SSSR count). The van der Waals surface area contributed by atoms with Crippen LogP contribution < -0.4 is 0 Å². The molecule has 0 aromatic rings. The number of hydrogen-bond acceptors (Lipinski definition) is 1. The predicted molar refractivity (Wildman–Crippen MR) is 82.1 cm³/mol. The van der Waals surface area contributed by atoms with Crippen LogP contribution in [0.3, 0.4) is 0 Å². The molecule has 1 aliphatic rings. The van der Waals surface area contributed by atoms with Crippen molar-refractivity contribution in [2.24, 2.45) is 4.99 Å². The second-order valence-corrected chi connectivity index (χ2v) is 4.48. The van der Waals surface area contributed by atoms with Gasteiger partial charge in [-0.2, -0.15) is 0 Å². The van der Waals surface area contributed by atoms with Gasteiger partial charge in [-0.3, -0.25) is 4.99 Å². The smallest absolute Gasteiger partial charge is 0.0897 e. The first-order chi connectivity index (χ1) is 8.62. The van der Waals surface area contributed by atoms with E-state index >= 15 is 0 Å². The van der Waals surface area contributed by atoms with Crippen molar-refractivity contribution in [2.75, 3.05) is 0 Å². The van der Waals surface area contributed by atoms with Crippen LogP contribution in [0.25, 0.3) is 0 Å². The molecule has 1 heteroatoms. The van der Waals surface area contributed by atoms with Crippen molar-refractivity contribution in [3.8, 4) is 0 Å². The maximum Gasteiger partial charge on any atom is 0.0897 e. The third kappa shape index (κ3) is 3.69. The third-order valence-electron chi connectivity index (χ3n) is 3.08. The second-order valence-electron chi connectivity index (χ2n) is 4.48. The van der Waals surface area contributed by atoms with E-state index in [0.29, 0.717) is 0 Å². The van der Waals surface area contributed by atoms with Crippen molar-refractivity contribution in [2.45, 2.75) is 40.2 Å². The zero-order chi connectivity index (χ0) is 13.5. The van der Waals surface area contributed by atoms with Gasteiger partial charge in [0.15, 0.2) is 0 Å². The second kappa shape index (κ2) is 6.95. The molecule has 0 saturated carbocycles. The van der Waals surface area contributed by atoms with E-state index in [-0.39, 0.29) is 6.04 Å². The fourth-order valence-corrected chi connectivity index (χ4v) is 1.91. The highest BCUT2D eigenvalue weighted by atomic mass is 14.8. The number of hydrogen-bond donors (Lipinski definition) is 0. The summed E-state index contributed by atoms with van der Waals surface area (Å²) in [6.45, 7) is 12.4. The number of aliphatic imine (C=N–C) groups is 1. The van der Waals surface area contributed by atoms with Gasteiger partial charge in [0.25, 0.3) is 0 Å². The molecule has 96 valence electrons. The van der Waals surface area contributed by atoms with Crippen LogP contribution in [-0.4, -0.2) is 12.3 Å². The van der Waals surface area contributed by atoms with Gasteiger partial charge in [0.05, 0.1) is 6.04 Å². The quantitative estimate of drug-likeness (QED) is 0.613. The highest BCUT2D eigenvalue weighted by Gasteiger charge is 2.11. The van der Waals surface area contributed by atoms with Crippen molar-refractivity contribution in [1.82, 2.24) is 0 Å². The molecule has 0 bridgehead atoms. The molecule has 0 aromatic heterocycles. The molecule has 0 saturated heterocycles. The van der Waals surface area contributed by atoms with Crippen LogP contribution in [0.1, 0.15) is 34.1 Å². The van der Waals surface area contributed by atoms with Crippen LogP contribution in [0.4, 0.5) is 0 Å². The molecule has 1 heterocycles. The minimum absolute atomic E-state index is 0.202. The molecule has 1 atom stereocenters. The van der Waals surface area contributed by atoms with Gasteiger partial charge in [-0.25, -0.2) is 0 Å².